The maximum absolute atomic E-state index is 12.4. The van der Waals surface area contributed by atoms with Crippen molar-refractivity contribution >= 4 is 17.2 Å². The van der Waals surface area contributed by atoms with Gasteiger partial charge in [-0.2, -0.15) is 0 Å². The van der Waals surface area contributed by atoms with Gasteiger partial charge < -0.3 is 15.2 Å². The van der Waals surface area contributed by atoms with Crippen molar-refractivity contribution in [3.05, 3.63) is 16.3 Å². The molecule has 2 N–H and O–H groups in total. The van der Waals surface area contributed by atoms with Crippen LogP contribution < -0.4 is 10.1 Å². The number of nitrogens with one attached hydrogen (secondary N) is 1. The van der Waals surface area contributed by atoms with Crippen molar-refractivity contribution in [3.8, 4) is 5.75 Å². The van der Waals surface area contributed by atoms with Gasteiger partial charge in [0.2, 0.25) is 0 Å². The summed E-state index contributed by atoms with van der Waals surface area (Å²) in [6, 6.07) is 2.36. The summed E-state index contributed by atoms with van der Waals surface area (Å²) in [5, 5.41) is 15.2. The quantitative estimate of drug-likeness (QED) is 0.884. The van der Waals surface area contributed by atoms with Crippen LogP contribution >= 0.6 is 11.3 Å². The molecule has 1 aromatic rings. The molecule has 1 aliphatic carbocycles. The number of thiophene rings is 1. The molecular formula is C17H26N2O3S. The van der Waals surface area contributed by atoms with E-state index in [0.717, 1.165) is 45.2 Å². The van der Waals surface area contributed by atoms with Gasteiger partial charge in [0.05, 0.1) is 13.2 Å². The fourth-order valence-electron chi connectivity index (χ4n) is 3.77. The number of methoxy groups -OCH3 is 1. The van der Waals surface area contributed by atoms with Gasteiger partial charge in [-0.05, 0) is 37.1 Å². The summed E-state index contributed by atoms with van der Waals surface area (Å²) in [5.74, 6) is 0.614. The SMILES string of the molecule is COc1ccsc1C(=O)NC1CCN(C2CCCCC2O)CC1. The third-order valence-corrected chi connectivity index (χ3v) is 5.98. The van der Waals surface area contributed by atoms with Crippen LogP contribution in [0.25, 0.3) is 0 Å². The maximum atomic E-state index is 12.4. The lowest BCUT2D eigenvalue weighted by Crippen LogP contribution is -2.52. The van der Waals surface area contributed by atoms with Crippen molar-refractivity contribution in [3.63, 3.8) is 0 Å². The predicted molar refractivity (Wildman–Crippen MR) is 91.2 cm³/mol. The summed E-state index contributed by atoms with van der Waals surface area (Å²) in [7, 11) is 1.59. The Bertz CT molecular complexity index is 526. The minimum absolute atomic E-state index is 0.0343. The number of ether oxygens (including phenoxy) is 1. The molecule has 2 atom stereocenters. The Balaban J connectivity index is 1.50. The molecule has 2 fully saturated rings. The third kappa shape index (κ3) is 3.87. The molecule has 2 unspecified atom stereocenters. The Morgan fingerprint density at radius 1 is 1.30 bits per heavy atom. The number of amides is 1. The second-order valence-corrected chi connectivity index (χ2v) is 7.44. The Labute approximate surface area is 141 Å². The zero-order valence-corrected chi connectivity index (χ0v) is 14.5. The van der Waals surface area contributed by atoms with Crippen LogP contribution in [0.5, 0.6) is 5.75 Å². The van der Waals surface area contributed by atoms with Crippen LogP contribution in [0.4, 0.5) is 0 Å². The lowest BCUT2D eigenvalue weighted by atomic mass is 9.89. The van der Waals surface area contributed by atoms with Gasteiger partial charge in [0, 0.05) is 25.2 Å². The van der Waals surface area contributed by atoms with Gasteiger partial charge in [-0.3, -0.25) is 9.69 Å². The second kappa shape index (κ2) is 7.64. The van der Waals surface area contributed by atoms with Crippen LogP contribution in [0.2, 0.25) is 0 Å². The largest absolute Gasteiger partial charge is 0.495 e. The molecule has 2 heterocycles. The van der Waals surface area contributed by atoms with E-state index in [0.29, 0.717) is 16.7 Å². The summed E-state index contributed by atoms with van der Waals surface area (Å²) in [6.07, 6.45) is 6.11. The standard InChI is InChI=1S/C17H26N2O3S/c1-22-15-8-11-23-16(15)17(21)18-12-6-9-19(10-7-12)13-4-2-3-5-14(13)20/h8,11-14,20H,2-7,9-10H2,1H3,(H,18,21). The highest BCUT2D eigenvalue weighted by molar-refractivity contribution is 7.12. The number of hydrogen-bond acceptors (Lipinski definition) is 5. The van der Waals surface area contributed by atoms with Crippen molar-refractivity contribution in [1.82, 2.24) is 10.2 Å². The molecule has 1 saturated heterocycles. The molecular weight excluding hydrogens is 312 g/mol. The van der Waals surface area contributed by atoms with E-state index >= 15 is 0 Å². The topological polar surface area (TPSA) is 61.8 Å². The number of carbonyl (C=O) groups is 1. The maximum Gasteiger partial charge on any atom is 0.265 e. The van der Waals surface area contributed by atoms with Crippen molar-refractivity contribution < 1.29 is 14.6 Å². The van der Waals surface area contributed by atoms with Gasteiger partial charge in [0.15, 0.2) is 0 Å². The second-order valence-electron chi connectivity index (χ2n) is 6.52. The number of aliphatic hydroxyl groups is 1. The van der Waals surface area contributed by atoms with Crippen molar-refractivity contribution in [2.24, 2.45) is 0 Å². The first-order valence-electron chi connectivity index (χ1n) is 8.53. The highest BCUT2D eigenvalue weighted by Crippen LogP contribution is 2.27. The van der Waals surface area contributed by atoms with E-state index < -0.39 is 0 Å². The van der Waals surface area contributed by atoms with E-state index in [9.17, 15) is 9.90 Å². The molecule has 0 spiro atoms. The fourth-order valence-corrected chi connectivity index (χ4v) is 4.53. The van der Waals surface area contributed by atoms with Gasteiger partial charge in [-0.1, -0.05) is 12.8 Å². The van der Waals surface area contributed by atoms with E-state index in [4.69, 9.17) is 4.74 Å². The van der Waals surface area contributed by atoms with Gasteiger partial charge in [-0.15, -0.1) is 11.3 Å². The Morgan fingerprint density at radius 2 is 2.04 bits per heavy atom. The fraction of sp³-hybridized carbons (Fsp3) is 0.706. The molecule has 1 amide bonds. The number of likely N-dealkylation sites (tertiary alicyclic amines) is 1. The molecule has 1 aliphatic heterocycles. The number of carbonyl (C=O) groups excluding carboxylic acids is 1. The van der Waals surface area contributed by atoms with Crippen LogP contribution in [-0.2, 0) is 0 Å². The van der Waals surface area contributed by atoms with Crippen molar-refractivity contribution in [1.29, 1.82) is 0 Å². The predicted octanol–water partition coefficient (Wildman–Crippen LogP) is 2.25. The van der Waals surface area contributed by atoms with Gasteiger partial charge in [0.25, 0.3) is 5.91 Å². The van der Waals surface area contributed by atoms with Gasteiger partial charge in [0.1, 0.15) is 10.6 Å². The average molecular weight is 338 g/mol. The van der Waals surface area contributed by atoms with Crippen molar-refractivity contribution in [2.45, 2.75) is 56.7 Å². The Morgan fingerprint density at radius 3 is 2.74 bits per heavy atom. The Hall–Kier alpha value is -1.11. The lowest BCUT2D eigenvalue weighted by Gasteiger charge is -2.41. The highest BCUT2D eigenvalue weighted by atomic mass is 32.1. The van der Waals surface area contributed by atoms with E-state index in [-0.39, 0.29) is 18.1 Å². The van der Waals surface area contributed by atoms with Crippen LogP contribution in [-0.4, -0.2) is 54.3 Å². The number of piperidine rings is 1. The van der Waals surface area contributed by atoms with Crippen LogP contribution in [0.3, 0.4) is 0 Å². The van der Waals surface area contributed by atoms with Gasteiger partial charge in [-0.25, -0.2) is 0 Å². The normalized spacial score (nSPS) is 26.9. The summed E-state index contributed by atoms with van der Waals surface area (Å²) in [6.45, 7) is 1.91. The minimum Gasteiger partial charge on any atom is -0.495 e. The zero-order valence-electron chi connectivity index (χ0n) is 13.7. The van der Waals surface area contributed by atoms with E-state index in [1.54, 1.807) is 7.11 Å². The molecule has 2 aliphatic rings. The number of rotatable bonds is 4. The number of nitrogens with zero attached hydrogens (tertiary/aromatic N) is 1. The monoisotopic (exact) mass is 338 g/mol. The molecule has 5 nitrogen and oxygen atoms in total. The molecule has 3 rings (SSSR count). The first-order valence-corrected chi connectivity index (χ1v) is 9.41. The molecule has 0 bridgehead atoms. The summed E-state index contributed by atoms with van der Waals surface area (Å²) in [4.78, 5) is 15.4. The summed E-state index contributed by atoms with van der Waals surface area (Å²) < 4.78 is 5.22. The third-order valence-electron chi connectivity index (χ3n) is 5.08. The first kappa shape index (κ1) is 16.7. The molecule has 1 aromatic heterocycles. The van der Waals surface area contributed by atoms with E-state index in [1.165, 1.54) is 17.8 Å². The number of hydrogen-bond donors (Lipinski definition) is 2. The van der Waals surface area contributed by atoms with Crippen LogP contribution in [0.1, 0.15) is 48.2 Å². The van der Waals surface area contributed by atoms with E-state index in [2.05, 4.69) is 10.2 Å². The van der Waals surface area contributed by atoms with Crippen LogP contribution in [0, 0.1) is 0 Å². The number of aliphatic hydroxyl groups excluding tert-OH is 1. The Kier molecular flexibility index (Phi) is 5.56. The highest BCUT2D eigenvalue weighted by Gasteiger charge is 2.32. The van der Waals surface area contributed by atoms with Gasteiger partial charge >= 0.3 is 0 Å². The molecule has 0 radical (unpaired) electrons. The van der Waals surface area contributed by atoms with Crippen LogP contribution in [0.15, 0.2) is 11.4 Å². The molecule has 0 aromatic carbocycles. The summed E-state index contributed by atoms with van der Waals surface area (Å²) in [5.41, 5.74) is 0. The summed E-state index contributed by atoms with van der Waals surface area (Å²) >= 11 is 1.41. The van der Waals surface area contributed by atoms with E-state index in [1.807, 2.05) is 11.4 Å². The van der Waals surface area contributed by atoms with Crippen molar-refractivity contribution in [2.75, 3.05) is 20.2 Å². The average Bonchev–Trinajstić information content (AvgIpc) is 3.05. The molecule has 23 heavy (non-hydrogen) atoms. The zero-order chi connectivity index (χ0) is 16.2. The lowest BCUT2D eigenvalue weighted by molar-refractivity contribution is 0.00728. The first-order chi connectivity index (χ1) is 11.2. The molecule has 128 valence electrons. The molecule has 1 saturated carbocycles. The smallest absolute Gasteiger partial charge is 0.265 e. The molecule has 6 heteroatoms. The minimum atomic E-state index is -0.176.